The highest BCUT2D eigenvalue weighted by molar-refractivity contribution is 7.97. The van der Waals surface area contributed by atoms with Crippen LogP contribution in [0, 0.1) is 0 Å². The van der Waals surface area contributed by atoms with Gasteiger partial charge in [-0.2, -0.15) is 0 Å². The summed E-state index contributed by atoms with van der Waals surface area (Å²) in [6, 6.07) is 14.5. The van der Waals surface area contributed by atoms with E-state index in [4.69, 9.17) is 9.47 Å². The molecule has 4 nitrogen and oxygen atoms in total. The average molecular weight is 344 g/mol. The summed E-state index contributed by atoms with van der Waals surface area (Å²) < 4.78 is 34.9. The minimum absolute atomic E-state index is 0.553. The van der Waals surface area contributed by atoms with Crippen molar-refractivity contribution in [2.75, 3.05) is 13.7 Å². The summed E-state index contributed by atoms with van der Waals surface area (Å²) in [4.78, 5) is 0. The van der Waals surface area contributed by atoms with Crippen molar-refractivity contribution in [3.05, 3.63) is 70.5 Å². The highest BCUT2D eigenvalue weighted by atomic mass is 32.2. The molecule has 0 fully saturated rings. The molecule has 2 aromatic carbocycles. The molecule has 5 heteroatoms. The van der Waals surface area contributed by atoms with E-state index in [0.29, 0.717) is 23.7 Å². The Hall–Kier alpha value is -2.53. The molecule has 0 saturated heterocycles. The van der Waals surface area contributed by atoms with Gasteiger partial charge in [-0.15, -0.1) is 0 Å². The van der Waals surface area contributed by atoms with Crippen LogP contribution < -0.4 is 9.47 Å². The maximum Gasteiger partial charge on any atom is 0.193 e. The maximum absolute atomic E-state index is 12.1. The Morgan fingerprint density at radius 1 is 1.00 bits per heavy atom. The van der Waals surface area contributed by atoms with Gasteiger partial charge < -0.3 is 9.47 Å². The van der Waals surface area contributed by atoms with Gasteiger partial charge in [-0.3, -0.25) is 0 Å². The lowest BCUT2D eigenvalue weighted by Crippen LogP contribution is -1.94. The van der Waals surface area contributed by atoms with Gasteiger partial charge in [0.1, 0.15) is 11.5 Å². The smallest absolute Gasteiger partial charge is 0.193 e. The summed E-state index contributed by atoms with van der Waals surface area (Å²) in [7, 11) is -1.94. The van der Waals surface area contributed by atoms with Crippen LogP contribution in [0.1, 0.15) is 18.1 Å². The molecule has 0 radical (unpaired) electrons. The highest BCUT2D eigenvalue weighted by Crippen LogP contribution is 2.26. The van der Waals surface area contributed by atoms with Gasteiger partial charge >= 0.3 is 0 Å². The molecule has 0 aromatic heterocycles. The van der Waals surface area contributed by atoms with Gasteiger partial charge in [0.15, 0.2) is 9.84 Å². The Kier molecular flexibility index (Phi) is 6.21. The second-order valence-electron chi connectivity index (χ2n) is 4.94. The lowest BCUT2D eigenvalue weighted by molar-refractivity contribution is 0.336. The zero-order chi connectivity index (χ0) is 17.4. The molecule has 0 unspecified atom stereocenters. The van der Waals surface area contributed by atoms with E-state index in [2.05, 4.69) is 0 Å². The zero-order valence-corrected chi connectivity index (χ0v) is 14.5. The minimum Gasteiger partial charge on any atom is -0.496 e. The number of benzene rings is 2. The van der Waals surface area contributed by atoms with Gasteiger partial charge in [0.05, 0.1) is 13.7 Å². The molecule has 2 aromatic rings. The number of sulfone groups is 1. The largest absolute Gasteiger partial charge is 0.496 e. The van der Waals surface area contributed by atoms with Crippen molar-refractivity contribution in [1.29, 1.82) is 0 Å². The topological polar surface area (TPSA) is 52.6 Å². The van der Waals surface area contributed by atoms with Crippen LogP contribution in [0.4, 0.5) is 0 Å². The average Bonchev–Trinajstić information content (AvgIpc) is 2.60. The maximum atomic E-state index is 12.1. The van der Waals surface area contributed by atoms with E-state index in [1.165, 1.54) is 18.6 Å². The molecule has 24 heavy (non-hydrogen) atoms. The van der Waals surface area contributed by atoms with Crippen molar-refractivity contribution >= 4 is 22.0 Å². The molecule has 0 bridgehead atoms. The van der Waals surface area contributed by atoms with Crippen LogP contribution in [-0.4, -0.2) is 22.1 Å². The first-order chi connectivity index (χ1) is 11.5. The normalized spacial score (nSPS) is 11.9. The molecule has 126 valence electrons. The number of hydrogen-bond acceptors (Lipinski definition) is 4. The molecular weight excluding hydrogens is 324 g/mol. The van der Waals surface area contributed by atoms with Crippen LogP contribution in [0.15, 0.2) is 59.3 Å². The van der Waals surface area contributed by atoms with E-state index < -0.39 is 9.84 Å². The zero-order valence-electron chi connectivity index (χ0n) is 13.7. The van der Waals surface area contributed by atoms with Crippen LogP contribution in [0.5, 0.6) is 11.5 Å². The summed E-state index contributed by atoms with van der Waals surface area (Å²) in [6.07, 6.45) is 3.08. The summed E-state index contributed by atoms with van der Waals surface area (Å²) in [5.41, 5.74) is 1.49. The van der Waals surface area contributed by atoms with Gasteiger partial charge in [0.2, 0.25) is 0 Å². The van der Waals surface area contributed by atoms with Crippen molar-refractivity contribution in [2.24, 2.45) is 0 Å². The van der Waals surface area contributed by atoms with Gasteiger partial charge in [-0.05, 0) is 36.8 Å². The predicted octanol–water partition coefficient (Wildman–Crippen LogP) is 4.15. The van der Waals surface area contributed by atoms with E-state index in [-0.39, 0.29) is 0 Å². The molecule has 0 aliphatic heterocycles. The molecule has 0 saturated carbocycles. The standard InChI is InChI=1S/C19H20O4S/c1-3-23-18-10-9-17(19(15-18)22-2)12-14-24(20,21)13-11-16-7-5-4-6-8-16/h4-15H,3H2,1-2H3. The summed E-state index contributed by atoms with van der Waals surface area (Å²) in [5, 5.41) is 2.34. The third kappa shape index (κ3) is 5.28. The Morgan fingerprint density at radius 3 is 2.38 bits per heavy atom. The van der Waals surface area contributed by atoms with Crippen molar-refractivity contribution in [3.8, 4) is 11.5 Å². The van der Waals surface area contributed by atoms with E-state index in [1.807, 2.05) is 37.3 Å². The van der Waals surface area contributed by atoms with Crippen LogP contribution in [0.3, 0.4) is 0 Å². The summed E-state index contributed by atoms with van der Waals surface area (Å²) in [6.45, 7) is 2.45. The molecule has 0 aliphatic rings. The van der Waals surface area contributed by atoms with Crippen LogP contribution in [-0.2, 0) is 9.84 Å². The first-order valence-electron chi connectivity index (χ1n) is 7.51. The van der Waals surface area contributed by atoms with E-state index >= 15 is 0 Å². The van der Waals surface area contributed by atoms with Crippen molar-refractivity contribution < 1.29 is 17.9 Å². The fourth-order valence-electron chi connectivity index (χ4n) is 2.04. The predicted molar refractivity (Wildman–Crippen MR) is 97.6 cm³/mol. The lowest BCUT2D eigenvalue weighted by Gasteiger charge is -2.08. The molecular formula is C19H20O4S. The molecule has 0 heterocycles. The van der Waals surface area contributed by atoms with Crippen LogP contribution in [0.2, 0.25) is 0 Å². The quantitative estimate of drug-likeness (QED) is 0.757. The van der Waals surface area contributed by atoms with E-state index in [1.54, 1.807) is 24.3 Å². The minimum atomic E-state index is -3.47. The Bertz CT molecular complexity index is 822. The number of ether oxygens (including phenoxy) is 2. The first kappa shape index (κ1) is 17.8. The van der Waals surface area contributed by atoms with E-state index in [9.17, 15) is 8.42 Å². The van der Waals surface area contributed by atoms with Crippen molar-refractivity contribution in [1.82, 2.24) is 0 Å². The Labute approximate surface area is 143 Å². The number of methoxy groups -OCH3 is 1. The monoisotopic (exact) mass is 344 g/mol. The van der Waals surface area contributed by atoms with Gasteiger partial charge in [0.25, 0.3) is 0 Å². The van der Waals surface area contributed by atoms with Crippen LogP contribution >= 0.6 is 0 Å². The number of rotatable bonds is 7. The van der Waals surface area contributed by atoms with E-state index in [0.717, 1.165) is 11.0 Å². The molecule has 0 N–H and O–H groups in total. The molecule has 0 spiro atoms. The Morgan fingerprint density at radius 2 is 1.71 bits per heavy atom. The third-order valence-electron chi connectivity index (χ3n) is 3.20. The number of hydrogen-bond donors (Lipinski definition) is 0. The highest BCUT2D eigenvalue weighted by Gasteiger charge is 2.05. The third-order valence-corrected chi connectivity index (χ3v) is 4.23. The van der Waals surface area contributed by atoms with Crippen molar-refractivity contribution in [3.63, 3.8) is 0 Å². The fourth-order valence-corrected chi connectivity index (χ4v) is 2.81. The Balaban J connectivity index is 2.18. The molecule has 0 atom stereocenters. The van der Waals surface area contributed by atoms with Gasteiger partial charge in [-0.1, -0.05) is 30.3 Å². The van der Waals surface area contributed by atoms with Gasteiger partial charge in [-0.25, -0.2) is 8.42 Å². The lowest BCUT2D eigenvalue weighted by atomic mass is 10.2. The second kappa shape index (κ2) is 8.36. The first-order valence-corrected chi connectivity index (χ1v) is 9.12. The molecule has 0 amide bonds. The van der Waals surface area contributed by atoms with Gasteiger partial charge in [0, 0.05) is 22.4 Å². The SMILES string of the molecule is CCOc1ccc(C=CS(=O)(=O)C=Cc2ccccc2)c(OC)c1. The van der Waals surface area contributed by atoms with Crippen LogP contribution in [0.25, 0.3) is 12.2 Å². The fraction of sp³-hybridized carbons (Fsp3) is 0.158. The summed E-state index contributed by atoms with van der Waals surface area (Å²) in [5.74, 6) is 1.23. The summed E-state index contributed by atoms with van der Waals surface area (Å²) >= 11 is 0. The van der Waals surface area contributed by atoms with Crippen molar-refractivity contribution in [2.45, 2.75) is 6.92 Å². The molecule has 0 aliphatic carbocycles. The second-order valence-corrected chi connectivity index (χ2v) is 6.66. The molecule has 2 rings (SSSR count).